The summed E-state index contributed by atoms with van der Waals surface area (Å²) in [6.07, 6.45) is 2.00. The van der Waals surface area contributed by atoms with Gasteiger partial charge in [-0.05, 0) is 31.3 Å². The highest BCUT2D eigenvalue weighted by molar-refractivity contribution is 7.71. The molecule has 22 heavy (non-hydrogen) atoms. The van der Waals surface area contributed by atoms with Crippen LogP contribution in [0.15, 0.2) is 30.6 Å². The summed E-state index contributed by atoms with van der Waals surface area (Å²) < 4.78 is 15.2. The molecule has 118 valence electrons. The average Bonchev–Trinajstić information content (AvgIpc) is 2.88. The summed E-state index contributed by atoms with van der Waals surface area (Å²) in [4.78, 5) is 2.30. The number of rotatable bonds is 4. The maximum atomic E-state index is 5.56. The Morgan fingerprint density at radius 3 is 3.09 bits per heavy atom. The smallest absolute Gasteiger partial charge is 0.203 e. The summed E-state index contributed by atoms with van der Waals surface area (Å²) in [6, 6.07) is 7.78. The quantitative estimate of drug-likeness (QED) is 0.807. The second-order valence-corrected chi connectivity index (χ2v) is 5.75. The molecule has 2 heterocycles. The fourth-order valence-electron chi connectivity index (χ4n) is 2.58. The summed E-state index contributed by atoms with van der Waals surface area (Å²) >= 11 is 5.55. The number of methoxy groups -OCH3 is 1. The van der Waals surface area contributed by atoms with Crippen molar-refractivity contribution in [1.29, 1.82) is 0 Å². The molecule has 0 aliphatic carbocycles. The molecule has 1 fully saturated rings. The van der Waals surface area contributed by atoms with Gasteiger partial charge in [0, 0.05) is 19.2 Å². The largest absolute Gasteiger partial charge is 0.497 e. The molecule has 3 rings (SSSR count). The van der Waals surface area contributed by atoms with Gasteiger partial charge in [-0.3, -0.25) is 9.47 Å². The molecule has 0 saturated carbocycles. The van der Waals surface area contributed by atoms with E-state index in [4.69, 9.17) is 21.7 Å². The SMILES string of the molecule is COc1cccc(-n2cnn(CN3CCO[C@@H](C)C3)c2=S)c1. The molecule has 0 amide bonds. The van der Waals surface area contributed by atoms with Gasteiger partial charge in [0.2, 0.25) is 4.77 Å². The molecule has 2 aromatic rings. The number of benzene rings is 1. The molecule has 1 atom stereocenters. The minimum atomic E-state index is 0.253. The van der Waals surface area contributed by atoms with Crippen molar-refractivity contribution in [3.05, 3.63) is 35.4 Å². The van der Waals surface area contributed by atoms with Gasteiger partial charge in [-0.2, -0.15) is 5.10 Å². The van der Waals surface area contributed by atoms with Crippen molar-refractivity contribution in [1.82, 2.24) is 19.2 Å². The normalized spacial score (nSPS) is 19.3. The molecule has 0 unspecified atom stereocenters. The minimum absolute atomic E-state index is 0.253. The van der Waals surface area contributed by atoms with Crippen molar-refractivity contribution >= 4 is 12.2 Å². The van der Waals surface area contributed by atoms with Crippen molar-refractivity contribution in [3.8, 4) is 11.4 Å². The Labute approximate surface area is 134 Å². The standard InChI is InChI=1S/C15H20N4O2S/c1-12-9-17(6-7-21-12)11-19-15(22)18(10-16-19)13-4-3-5-14(8-13)20-2/h3-5,8,10,12H,6-7,9,11H2,1-2H3/t12-/m0/s1. The van der Waals surface area contributed by atoms with Gasteiger partial charge in [-0.1, -0.05) is 6.07 Å². The van der Waals surface area contributed by atoms with Crippen LogP contribution in [0.2, 0.25) is 0 Å². The summed E-state index contributed by atoms with van der Waals surface area (Å²) in [7, 11) is 1.65. The summed E-state index contributed by atoms with van der Waals surface area (Å²) in [5.41, 5.74) is 0.950. The van der Waals surface area contributed by atoms with Crippen molar-refractivity contribution in [2.75, 3.05) is 26.8 Å². The van der Waals surface area contributed by atoms with E-state index >= 15 is 0 Å². The lowest BCUT2D eigenvalue weighted by molar-refractivity contribution is -0.0307. The fourth-order valence-corrected chi connectivity index (χ4v) is 2.84. The third-order valence-electron chi connectivity index (χ3n) is 3.72. The van der Waals surface area contributed by atoms with Crippen LogP contribution in [-0.2, 0) is 11.4 Å². The first-order valence-electron chi connectivity index (χ1n) is 7.30. The number of ether oxygens (including phenoxy) is 2. The van der Waals surface area contributed by atoms with E-state index in [0.717, 1.165) is 31.1 Å². The zero-order chi connectivity index (χ0) is 15.5. The molecule has 1 aliphatic rings. The highest BCUT2D eigenvalue weighted by Crippen LogP contribution is 2.17. The van der Waals surface area contributed by atoms with E-state index < -0.39 is 0 Å². The van der Waals surface area contributed by atoms with E-state index in [1.54, 1.807) is 13.4 Å². The van der Waals surface area contributed by atoms with Crippen molar-refractivity contribution in [2.24, 2.45) is 0 Å². The number of aromatic nitrogens is 3. The summed E-state index contributed by atoms with van der Waals surface area (Å²) in [5, 5.41) is 4.42. The van der Waals surface area contributed by atoms with Crippen LogP contribution in [0.25, 0.3) is 5.69 Å². The van der Waals surface area contributed by atoms with Gasteiger partial charge in [0.1, 0.15) is 12.1 Å². The summed E-state index contributed by atoms with van der Waals surface area (Å²) in [6.45, 7) is 5.32. The molecule has 1 aromatic carbocycles. The second-order valence-electron chi connectivity index (χ2n) is 5.38. The van der Waals surface area contributed by atoms with Crippen molar-refractivity contribution < 1.29 is 9.47 Å². The zero-order valence-electron chi connectivity index (χ0n) is 12.8. The molecule has 6 nitrogen and oxygen atoms in total. The molecule has 1 saturated heterocycles. The highest BCUT2D eigenvalue weighted by Gasteiger charge is 2.17. The monoisotopic (exact) mass is 320 g/mol. The third kappa shape index (κ3) is 3.21. The van der Waals surface area contributed by atoms with Crippen molar-refractivity contribution in [2.45, 2.75) is 19.7 Å². The van der Waals surface area contributed by atoms with E-state index in [0.29, 0.717) is 11.4 Å². The Bertz CT molecular complexity index is 697. The van der Waals surface area contributed by atoms with E-state index in [1.165, 1.54) is 0 Å². The Hall–Kier alpha value is -1.70. The van der Waals surface area contributed by atoms with Gasteiger partial charge in [-0.15, -0.1) is 0 Å². The molecule has 1 aliphatic heterocycles. The third-order valence-corrected chi connectivity index (χ3v) is 4.13. The molecule has 0 bridgehead atoms. The van der Waals surface area contributed by atoms with E-state index in [-0.39, 0.29) is 6.10 Å². The number of hydrogen-bond acceptors (Lipinski definition) is 5. The Morgan fingerprint density at radius 1 is 1.45 bits per heavy atom. The van der Waals surface area contributed by atoms with Crippen LogP contribution in [0.3, 0.4) is 0 Å². The topological polar surface area (TPSA) is 44.5 Å². The van der Waals surface area contributed by atoms with Crippen LogP contribution in [0.5, 0.6) is 5.75 Å². The van der Waals surface area contributed by atoms with Crippen LogP contribution in [0.4, 0.5) is 0 Å². The Kier molecular flexibility index (Phi) is 4.56. The molecule has 0 spiro atoms. The van der Waals surface area contributed by atoms with Gasteiger partial charge in [0.25, 0.3) is 0 Å². The van der Waals surface area contributed by atoms with E-state index in [9.17, 15) is 0 Å². The van der Waals surface area contributed by atoms with Gasteiger partial charge < -0.3 is 9.47 Å². The number of nitrogens with zero attached hydrogens (tertiary/aromatic N) is 4. The van der Waals surface area contributed by atoms with Gasteiger partial charge in [-0.25, -0.2) is 4.68 Å². The molecular formula is C15H20N4O2S. The first kappa shape index (κ1) is 15.2. The second kappa shape index (κ2) is 6.60. The van der Waals surface area contributed by atoms with Crippen molar-refractivity contribution in [3.63, 3.8) is 0 Å². The Morgan fingerprint density at radius 2 is 2.32 bits per heavy atom. The fraction of sp³-hybridized carbons (Fsp3) is 0.467. The first-order valence-corrected chi connectivity index (χ1v) is 7.71. The predicted octanol–water partition coefficient (Wildman–Crippen LogP) is 2.09. The lowest BCUT2D eigenvalue weighted by Gasteiger charge is -2.30. The van der Waals surface area contributed by atoms with Gasteiger partial charge >= 0.3 is 0 Å². The maximum absolute atomic E-state index is 5.56. The van der Waals surface area contributed by atoms with E-state index in [2.05, 4.69) is 16.9 Å². The minimum Gasteiger partial charge on any atom is -0.497 e. The van der Waals surface area contributed by atoms with Crippen LogP contribution in [0.1, 0.15) is 6.92 Å². The maximum Gasteiger partial charge on any atom is 0.203 e. The lowest BCUT2D eigenvalue weighted by atomic mass is 10.3. The highest BCUT2D eigenvalue weighted by atomic mass is 32.1. The van der Waals surface area contributed by atoms with Crippen LogP contribution >= 0.6 is 12.2 Å². The first-order chi connectivity index (χ1) is 10.7. The molecule has 7 heteroatoms. The summed E-state index contributed by atoms with van der Waals surface area (Å²) in [5.74, 6) is 0.800. The van der Waals surface area contributed by atoms with E-state index in [1.807, 2.05) is 33.5 Å². The molecular weight excluding hydrogens is 300 g/mol. The van der Waals surface area contributed by atoms with Crippen LogP contribution in [0, 0.1) is 4.77 Å². The van der Waals surface area contributed by atoms with Crippen LogP contribution in [-0.4, -0.2) is 52.2 Å². The predicted molar refractivity (Wildman–Crippen MR) is 85.9 cm³/mol. The van der Waals surface area contributed by atoms with Crippen LogP contribution < -0.4 is 4.74 Å². The lowest BCUT2D eigenvalue weighted by Crippen LogP contribution is -2.42. The van der Waals surface area contributed by atoms with Gasteiger partial charge in [0.05, 0.1) is 32.2 Å². The molecule has 0 N–H and O–H groups in total. The van der Waals surface area contributed by atoms with Gasteiger partial charge in [0.15, 0.2) is 0 Å². The number of hydrogen-bond donors (Lipinski definition) is 0. The Balaban J connectivity index is 1.81. The number of morpholine rings is 1. The molecule has 0 radical (unpaired) electrons. The zero-order valence-corrected chi connectivity index (χ0v) is 13.6. The molecule has 1 aromatic heterocycles. The average molecular weight is 320 g/mol.